The lowest BCUT2D eigenvalue weighted by Gasteiger charge is -2.12. The van der Waals surface area contributed by atoms with Crippen LogP contribution in [0.5, 0.6) is 11.5 Å². The molecule has 29 heavy (non-hydrogen) atoms. The van der Waals surface area contributed by atoms with Crippen LogP contribution >= 0.6 is 11.3 Å². The number of aromatic nitrogens is 1. The van der Waals surface area contributed by atoms with Crippen molar-refractivity contribution in [3.63, 3.8) is 0 Å². The van der Waals surface area contributed by atoms with Gasteiger partial charge in [0.25, 0.3) is 0 Å². The van der Waals surface area contributed by atoms with E-state index in [4.69, 9.17) is 9.47 Å². The standard InChI is InChI=1S/C21H18FN3O3S/c1-27-18-8-7-13(9-19(18)28-2)21-24-14(12-29-21)10-20(26)25-17(11-23)15-5-3-4-6-16(15)22/h3-9,12,17H,10H2,1-2H3,(H,25,26). The molecule has 6 nitrogen and oxygen atoms in total. The smallest absolute Gasteiger partial charge is 0.227 e. The highest BCUT2D eigenvalue weighted by molar-refractivity contribution is 7.13. The normalized spacial score (nSPS) is 11.4. The first-order valence-electron chi connectivity index (χ1n) is 8.66. The summed E-state index contributed by atoms with van der Waals surface area (Å²) in [5.74, 6) is 0.247. The molecule has 0 aliphatic carbocycles. The van der Waals surface area contributed by atoms with Gasteiger partial charge in [-0.25, -0.2) is 9.37 Å². The third kappa shape index (κ3) is 4.70. The van der Waals surface area contributed by atoms with Crippen LogP contribution < -0.4 is 14.8 Å². The second kappa shape index (κ2) is 9.17. The lowest BCUT2D eigenvalue weighted by Crippen LogP contribution is -2.29. The van der Waals surface area contributed by atoms with Crippen LogP contribution in [-0.4, -0.2) is 25.1 Å². The maximum absolute atomic E-state index is 13.9. The van der Waals surface area contributed by atoms with E-state index in [0.717, 1.165) is 10.6 Å². The molecule has 8 heteroatoms. The number of nitriles is 1. The van der Waals surface area contributed by atoms with Gasteiger partial charge in [0, 0.05) is 16.5 Å². The summed E-state index contributed by atoms with van der Waals surface area (Å²) in [6.07, 6.45) is -0.0174. The quantitative estimate of drug-likeness (QED) is 0.638. The monoisotopic (exact) mass is 411 g/mol. The molecule has 1 atom stereocenters. The Hall–Kier alpha value is -3.44. The zero-order valence-electron chi connectivity index (χ0n) is 15.8. The Morgan fingerprint density at radius 3 is 2.69 bits per heavy atom. The first-order valence-corrected chi connectivity index (χ1v) is 9.54. The van der Waals surface area contributed by atoms with E-state index in [-0.39, 0.29) is 12.0 Å². The summed E-state index contributed by atoms with van der Waals surface area (Å²) in [6, 6.07) is 12.2. The van der Waals surface area contributed by atoms with E-state index in [2.05, 4.69) is 10.3 Å². The van der Waals surface area contributed by atoms with Gasteiger partial charge < -0.3 is 14.8 Å². The molecule has 0 saturated heterocycles. The van der Waals surface area contributed by atoms with Gasteiger partial charge in [0.2, 0.25) is 5.91 Å². The minimum Gasteiger partial charge on any atom is -0.493 e. The van der Waals surface area contributed by atoms with Crippen LogP contribution in [0.1, 0.15) is 17.3 Å². The number of nitrogens with one attached hydrogen (secondary N) is 1. The maximum atomic E-state index is 13.9. The van der Waals surface area contributed by atoms with Crippen molar-refractivity contribution in [1.29, 1.82) is 5.26 Å². The lowest BCUT2D eigenvalue weighted by molar-refractivity contribution is -0.120. The molecule has 1 unspecified atom stereocenters. The molecule has 1 N–H and O–H groups in total. The third-order valence-electron chi connectivity index (χ3n) is 4.17. The van der Waals surface area contributed by atoms with Crippen molar-refractivity contribution >= 4 is 17.2 Å². The summed E-state index contributed by atoms with van der Waals surface area (Å²) < 4.78 is 24.4. The number of hydrogen-bond donors (Lipinski definition) is 1. The highest BCUT2D eigenvalue weighted by Crippen LogP contribution is 2.33. The molecular weight excluding hydrogens is 393 g/mol. The molecule has 3 aromatic rings. The van der Waals surface area contributed by atoms with Gasteiger partial charge in [-0.05, 0) is 24.3 Å². The topological polar surface area (TPSA) is 84.2 Å². The number of benzene rings is 2. The van der Waals surface area contributed by atoms with E-state index in [1.807, 2.05) is 18.2 Å². The Morgan fingerprint density at radius 1 is 1.24 bits per heavy atom. The Bertz CT molecular complexity index is 1060. The summed E-state index contributed by atoms with van der Waals surface area (Å²) in [6.45, 7) is 0. The molecular formula is C21H18FN3O3S. The van der Waals surface area contributed by atoms with Crippen LogP contribution in [0.3, 0.4) is 0 Å². The fourth-order valence-corrected chi connectivity index (χ4v) is 3.57. The van der Waals surface area contributed by atoms with E-state index < -0.39 is 17.8 Å². The minimum atomic E-state index is -1.06. The molecule has 2 aromatic carbocycles. The predicted molar refractivity (Wildman–Crippen MR) is 107 cm³/mol. The van der Waals surface area contributed by atoms with Crippen LogP contribution in [-0.2, 0) is 11.2 Å². The number of amides is 1. The van der Waals surface area contributed by atoms with E-state index in [9.17, 15) is 14.4 Å². The average molecular weight is 411 g/mol. The lowest BCUT2D eigenvalue weighted by atomic mass is 10.1. The van der Waals surface area contributed by atoms with E-state index in [0.29, 0.717) is 17.2 Å². The molecule has 0 spiro atoms. The second-order valence-corrected chi connectivity index (χ2v) is 6.90. The predicted octanol–water partition coefficient (Wildman–Crippen LogP) is 3.89. The minimum absolute atomic E-state index is 0.0174. The van der Waals surface area contributed by atoms with Crippen molar-refractivity contribution in [2.24, 2.45) is 0 Å². The number of carbonyl (C=O) groups is 1. The van der Waals surface area contributed by atoms with Crippen LogP contribution in [0.25, 0.3) is 10.6 Å². The van der Waals surface area contributed by atoms with Crippen molar-refractivity contribution in [3.8, 4) is 28.1 Å². The second-order valence-electron chi connectivity index (χ2n) is 6.04. The third-order valence-corrected chi connectivity index (χ3v) is 5.11. The SMILES string of the molecule is COc1ccc(-c2nc(CC(=O)NC(C#N)c3ccccc3F)cs2)cc1OC. The highest BCUT2D eigenvalue weighted by atomic mass is 32.1. The number of carbonyl (C=O) groups excluding carboxylic acids is 1. The molecule has 3 rings (SSSR count). The van der Waals surface area contributed by atoms with Crippen molar-refractivity contribution in [2.75, 3.05) is 14.2 Å². The molecule has 1 amide bonds. The molecule has 0 saturated carbocycles. The molecule has 1 aromatic heterocycles. The van der Waals surface area contributed by atoms with Crippen molar-refractivity contribution in [3.05, 3.63) is 64.9 Å². The van der Waals surface area contributed by atoms with Gasteiger partial charge in [-0.1, -0.05) is 18.2 Å². The number of halogens is 1. The van der Waals surface area contributed by atoms with Gasteiger partial charge in [0.1, 0.15) is 16.9 Å². The van der Waals surface area contributed by atoms with Crippen LogP contribution in [0.2, 0.25) is 0 Å². The summed E-state index contributed by atoms with van der Waals surface area (Å²) in [5, 5.41) is 14.3. The van der Waals surface area contributed by atoms with Crippen LogP contribution in [0.15, 0.2) is 47.8 Å². The fraction of sp³-hybridized carbons (Fsp3) is 0.190. The molecule has 0 aliphatic heterocycles. The van der Waals surface area contributed by atoms with Gasteiger partial charge >= 0.3 is 0 Å². The van der Waals surface area contributed by atoms with Gasteiger partial charge in [0.15, 0.2) is 11.5 Å². The number of hydrogen-bond acceptors (Lipinski definition) is 6. The van der Waals surface area contributed by atoms with Crippen LogP contribution in [0, 0.1) is 17.1 Å². The van der Waals surface area contributed by atoms with Crippen molar-refractivity contribution in [2.45, 2.75) is 12.5 Å². The fourth-order valence-electron chi connectivity index (χ4n) is 2.76. The molecule has 148 valence electrons. The first-order chi connectivity index (χ1) is 14.0. The number of ether oxygens (including phenoxy) is 2. The molecule has 0 fully saturated rings. The average Bonchev–Trinajstić information content (AvgIpc) is 3.20. The van der Waals surface area contributed by atoms with Crippen LogP contribution in [0.4, 0.5) is 4.39 Å². The van der Waals surface area contributed by atoms with Gasteiger partial charge in [0.05, 0.1) is 32.4 Å². The molecule has 0 bridgehead atoms. The van der Waals surface area contributed by atoms with Gasteiger partial charge in [-0.15, -0.1) is 11.3 Å². The van der Waals surface area contributed by atoms with Gasteiger partial charge in [-0.3, -0.25) is 4.79 Å². The highest BCUT2D eigenvalue weighted by Gasteiger charge is 2.18. The van der Waals surface area contributed by atoms with Crippen molar-refractivity contribution in [1.82, 2.24) is 10.3 Å². The molecule has 1 heterocycles. The van der Waals surface area contributed by atoms with E-state index in [1.165, 1.54) is 29.5 Å². The Balaban J connectivity index is 1.71. The zero-order chi connectivity index (χ0) is 20.8. The Labute approximate surface area is 171 Å². The number of methoxy groups -OCH3 is 2. The number of thiazole rings is 1. The summed E-state index contributed by atoms with van der Waals surface area (Å²) in [5.41, 5.74) is 1.52. The molecule has 0 aliphatic rings. The molecule has 0 radical (unpaired) electrons. The number of nitrogens with zero attached hydrogens (tertiary/aromatic N) is 2. The summed E-state index contributed by atoms with van der Waals surface area (Å²) in [7, 11) is 3.12. The largest absolute Gasteiger partial charge is 0.493 e. The van der Waals surface area contributed by atoms with E-state index >= 15 is 0 Å². The Morgan fingerprint density at radius 2 is 2.00 bits per heavy atom. The van der Waals surface area contributed by atoms with E-state index in [1.54, 1.807) is 31.7 Å². The summed E-state index contributed by atoms with van der Waals surface area (Å²) in [4.78, 5) is 16.8. The first kappa shape index (κ1) is 20.3. The maximum Gasteiger partial charge on any atom is 0.227 e. The van der Waals surface area contributed by atoms with Crippen molar-refractivity contribution < 1.29 is 18.7 Å². The Kier molecular flexibility index (Phi) is 6.42. The zero-order valence-corrected chi connectivity index (χ0v) is 16.6. The van der Waals surface area contributed by atoms with Gasteiger partial charge in [-0.2, -0.15) is 5.26 Å². The number of rotatable bonds is 7. The summed E-state index contributed by atoms with van der Waals surface area (Å²) >= 11 is 1.39.